The van der Waals surface area contributed by atoms with Gasteiger partial charge in [0.25, 0.3) is 0 Å². The van der Waals surface area contributed by atoms with E-state index in [0.717, 1.165) is 36.3 Å². The molecule has 0 aliphatic heterocycles. The molecule has 1 amide bonds. The maximum atomic E-state index is 11.3. The number of imidazole rings is 1. The molecule has 0 aliphatic carbocycles. The predicted octanol–water partition coefficient (Wildman–Crippen LogP) is 5.03. The molecule has 0 unspecified atom stereocenters. The standard InChI is InChI=1S/C24H38N4O.ClH/c1-2-3-4-5-6-7-8-9-11-20-13-15-21(16-14-20)22-18-28(19-23(26)29)24(27-22)12-10-17-25;/h13-16,18H,2-12,17,19,25H2,1H3,(H2,26,29);1H. The van der Waals surface area contributed by atoms with Gasteiger partial charge in [-0.2, -0.15) is 0 Å². The molecule has 168 valence electrons. The van der Waals surface area contributed by atoms with Gasteiger partial charge < -0.3 is 16.0 Å². The van der Waals surface area contributed by atoms with E-state index < -0.39 is 0 Å². The Labute approximate surface area is 188 Å². The number of aromatic nitrogens is 2. The second kappa shape index (κ2) is 15.0. The van der Waals surface area contributed by atoms with Crippen LogP contribution in [0, 0.1) is 0 Å². The van der Waals surface area contributed by atoms with Gasteiger partial charge in [-0.25, -0.2) is 4.98 Å². The largest absolute Gasteiger partial charge is 0.368 e. The Kier molecular flexibility index (Phi) is 13.1. The van der Waals surface area contributed by atoms with E-state index in [4.69, 9.17) is 16.5 Å². The van der Waals surface area contributed by atoms with Crippen LogP contribution >= 0.6 is 12.4 Å². The summed E-state index contributed by atoms with van der Waals surface area (Å²) in [6.07, 6.45) is 15.4. The van der Waals surface area contributed by atoms with Gasteiger partial charge in [-0.3, -0.25) is 4.79 Å². The molecule has 1 heterocycles. The van der Waals surface area contributed by atoms with Gasteiger partial charge in [-0.05, 0) is 31.4 Å². The molecule has 0 aliphatic rings. The van der Waals surface area contributed by atoms with Crippen molar-refractivity contribution in [3.63, 3.8) is 0 Å². The molecule has 0 radical (unpaired) electrons. The molecular formula is C24H39ClN4O. The highest BCUT2D eigenvalue weighted by molar-refractivity contribution is 5.85. The van der Waals surface area contributed by atoms with Crippen LogP contribution in [0.15, 0.2) is 30.5 Å². The molecule has 0 fully saturated rings. The van der Waals surface area contributed by atoms with E-state index in [-0.39, 0.29) is 24.9 Å². The van der Waals surface area contributed by atoms with Crippen LogP contribution in [0.5, 0.6) is 0 Å². The number of benzene rings is 1. The number of hydrogen-bond acceptors (Lipinski definition) is 3. The monoisotopic (exact) mass is 434 g/mol. The molecule has 6 heteroatoms. The van der Waals surface area contributed by atoms with Gasteiger partial charge in [0.1, 0.15) is 12.4 Å². The van der Waals surface area contributed by atoms with Crippen molar-refractivity contribution in [1.82, 2.24) is 9.55 Å². The van der Waals surface area contributed by atoms with Crippen molar-refractivity contribution in [2.45, 2.75) is 84.1 Å². The number of nitrogens with two attached hydrogens (primary N) is 2. The minimum absolute atomic E-state index is 0. The number of hydrogen-bond donors (Lipinski definition) is 2. The Balaban J connectivity index is 0.00000450. The van der Waals surface area contributed by atoms with Gasteiger partial charge in [-0.15, -0.1) is 12.4 Å². The lowest BCUT2D eigenvalue weighted by molar-refractivity contribution is -0.118. The molecule has 1 aromatic carbocycles. The zero-order valence-corrected chi connectivity index (χ0v) is 19.3. The van der Waals surface area contributed by atoms with E-state index >= 15 is 0 Å². The van der Waals surface area contributed by atoms with Crippen molar-refractivity contribution in [3.05, 3.63) is 41.9 Å². The van der Waals surface area contributed by atoms with Gasteiger partial charge in [0.05, 0.1) is 5.69 Å². The Morgan fingerprint density at radius 1 is 0.933 bits per heavy atom. The fourth-order valence-electron chi connectivity index (χ4n) is 3.66. The lowest BCUT2D eigenvalue weighted by Gasteiger charge is -2.04. The van der Waals surface area contributed by atoms with Gasteiger partial charge in [0.2, 0.25) is 5.91 Å². The van der Waals surface area contributed by atoms with Crippen molar-refractivity contribution in [1.29, 1.82) is 0 Å². The summed E-state index contributed by atoms with van der Waals surface area (Å²) < 4.78 is 1.85. The number of aryl methyl sites for hydroxylation is 2. The lowest BCUT2D eigenvalue weighted by atomic mass is 10.0. The Morgan fingerprint density at radius 2 is 1.57 bits per heavy atom. The van der Waals surface area contributed by atoms with Crippen LogP contribution in [-0.4, -0.2) is 22.0 Å². The number of primary amides is 1. The summed E-state index contributed by atoms with van der Waals surface area (Å²) in [5.41, 5.74) is 14.3. The van der Waals surface area contributed by atoms with Crippen molar-refractivity contribution in [2.24, 2.45) is 11.5 Å². The van der Waals surface area contributed by atoms with Crippen LogP contribution in [0.3, 0.4) is 0 Å². The summed E-state index contributed by atoms with van der Waals surface area (Å²) in [6, 6.07) is 8.65. The topological polar surface area (TPSA) is 86.9 Å². The Bertz CT molecular complexity index is 727. The number of carbonyl (C=O) groups excluding carboxylic acids is 1. The first-order chi connectivity index (χ1) is 14.1. The molecule has 2 aromatic rings. The Hall–Kier alpha value is -1.85. The number of amides is 1. The summed E-state index contributed by atoms with van der Waals surface area (Å²) in [6.45, 7) is 3.02. The highest BCUT2D eigenvalue weighted by Gasteiger charge is 2.11. The molecular weight excluding hydrogens is 396 g/mol. The van der Waals surface area contributed by atoms with Crippen LogP contribution in [0.2, 0.25) is 0 Å². The van der Waals surface area contributed by atoms with Crippen LogP contribution in [0.4, 0.5) is 0 Å². The van der Waals surface area contributed by atoms with E-state index in [1.54, 1.807) is 0 Å². The predicted molar refractivity (Wildman–Crippen MR) is 128 cm³/mol. The van der Waals surface area contributed by atoms with Crippen molar-refractivity contribution in [2.75, 3.05) is 6.54 Å². The minimum atomic E-state index is -0.358. The van der Waals surface area contributed by atoms with E-state index in [9.17, 15) is 4.79 Å². The van der Waals surface area contributed by atoms with Gasteiger partial charge >= 0.3 is 0 Å². The van der Waals surface area contributed by atoms with Gasteiger partial charge in [0.15, 0.2) is 0 Å². The smallest absolute Gasteiger partial charge is 0.237 e. The van der Waals surface area contributed by atoms with Crippen LogP contribution in [0.25, 0.3) is 11.3 Å². The quantitative estimate of drug-likeness (QED) is 0.385. The molecule has 0 saturated heterocycles. The number of rotatable bonds is 15. The van der Waals surface area contributed by atoms with Crippen LogP contribution in [-0.2, 0) is 24.2 Å². The average molecular weight is 435 g/mol. The molecule has 0 saturated carbocycles. The van der Waals surface area contributed by atoms with Crippen molar-refractivity contribution >= 4 is 18.3 Å². The average Bonchev–Trinajstić information content (AvgIpc) is 3.10. The Morgan fingerprint density at radius 3 is 2.17 bits per heavy atom. The highest BCUT2D eigenvalue weighted by Crippen LogP contribution is 2.21. The maximum Gasteiger partial charge on any atom is 0.237 e. The minimum Gasteiger partial charge on any atom is -0.368 e. The normalized spacial score (nSPS) is 10.7. The fraction of sp³-hybridized carbons (Fsp3) is 0.583. The third kappa shape index (κ3) is 9.31. The molecule has 0 spiro atoms. The third-order valence-corrected chi connectivity index (χ3v) is 5.36. The SMILES string of the molecule is CCCCCCCCCCc1ccc(-c2cn(CC(N)=O)c(CCCN)n2)cc1.Cl. The zero-order chi connectivity index (χ0) is 20.9. The lowest BCUT2D eigenvalue weighted by Crippen LogP contribution is -2.20. The summed E-state index contributed by atoms with van der Waals surface area (Å²) in [7, 11) is 0. The molecule has 0 bridgehead atoms. The number of carbonyl (C=O) groups is 1. The molecule has 5 nitrogen and oxygen atoms in total. The van der Waals surface area contributed by atoms with Gasteiger partial charge in [0, 0.05) is 18.2 Å². The van der Waals surface area contributed by atoms with E-state index in [1.807, 2.05) is 10.8 Å². The van der Waals surface area contributed by atoms with Crippen molar-refractivity contribution in [3.8, 4) is 11.3 Å². The number of unbranched alkanes of at least 4 members (excludes halogenated alkanes) is 7. The van der Waals surface area contributed by atoms with Crippen LogP contribution < -0.4 is 11.5 Å². The second-order valence-corrected chi connectivity index (χ2v) is 7.95. The first-order valence-corrected chi connectivity index (χ1v) is 11.3. The van der Waals surface area contributed by atoms with Crippen LogP contribution in [0.1, 0.15) is 76.1 Å². The van der Waals surface area contributed by atoms with Crippen molar-refractivity contribution < 1.29 is 4.79 Å². The number of nitrogens with zero attached hydrogens (tertiary/aromatic N) is 2. The summed E-state index contributed by atoms with van der Waals surface area (Å²) in [4.78, 5) is 16.1. The number of halogens is 1. The van der Waals surface area contributed by atoms with E-state index in [1.165, 1.54) is 56.9 Å². The van der Waals surface area contributed by atoms with E-state index in [0.29, 0.717) is 6.54 Å². The van der Waals surface area contributed by atoms with E-state index in [2.05, 4.69) is 31.2 Å². The fourth-order valence-corrected chi connectivity index (χ4v) is 3.66. The molecule has 0 atom stereocenters. The second-order valence-electron chi connectivity index (χ2n) is 7.95. The molecule has 2 rings (SSSR count). The summed E-state index contributed by atoms with van der Waals surface area (Å²) in [5, 5.41) is 0. The first-order valence-electron chi connectivity index (χ1n) is 11.3. The highest BCUT2D eigenvalue weighted by atomic mass is 35.5. The summed E-state index contributed by atoms with van der Waals surface area (Å²) >= 11 is 0. The summed E-state index contributed by atoms with van der Waals surface area (Å²) in [5.74, 6) is 0.510. The third-order valence-electron chi connectivity index (χ3n) is 5.36. The first kappa shape index (κ1) is 26.2. The van der Waals surface area contributed by atoms with Gasteiger partial charge in [-0.1, -0.05) is 76.1 Å². The zero-order valence-electron chi connectivity index (χ0n) is 18.4. The molecule has 30 heavy (non-hydrogen) atoms. The maximum absolute atomic E-state index is 11.3. The molecule has 1 aromatic heterocycles. The molecule has 4 N–H and O–H groups in total.